The van der Waals surface area contributed by atoms with Gasteiger partial charge >= 0.3 is 0 Å². The van der Waals surface area contributed by atoms with Crippen molar-refractivity contribution in [2.45, 2.75) is 24.8 Å². The Balaban J connectivity index is 1.70. The molecule has 1 aliphatic heterocycles. The highest BCUT2D eigenvalue weighted by Gasteiger charge is 2.27. The number of thiazole rings is 1. The predicted molar refractivity (Wildman–Crippen MR) is 160 cm³/mol. The van der Waals surface area contributed by atoms with Crippen LogP contribution < -0.4 is 14.2 Å². The van der Waals surface area contributed by atoms with E-state index in [4.69, 9.17) is 4.55 Å². The van der Waals surface area contributed by atoms with Gasteiger partial charge in [0, 0.05) is 27.2 Å². The van der Waals surface area contributed by atoms with Crippen LogP contribution in [0.15, 0.2) is 58.0 Å². The molecule has 2 aromatic carbocycles. The summed E-state index contributed by atoms with van der Waals surface area (Å²) in [5.41, 5.74) is 2.19. The van der Waals surface area contributed by atoms with Crippen molar-refractivity contribution >= 4 is 93.7 Å². The van der Waals surface area contributed by atoms with Gasteiger partial charge in [0.05, 0.1) is 22.7 Å². The van der Waals surface area contributed by atoms with Crippen LogP contribution in [0.2, 0.25) is 0 Å². The van der Waals surface area contributed by atoms with Crippen molar-refractivity contribution in [1.29, 1.82) is 0 Å². The van der Waals surface area contributed by atoms with Crippen molar-refractivity contribution in [3.63, 3.8) is 0 Å². The summed E-state index contributed by atoms with van der Waals surface area (Å²) in [5.74, 6) is -1.51. The number of rotatable bonds is 9. The summed E-state index contributed by atoms with van der Waals surface area (Å²) in [4.78, 5) is 15.1. The number of hydrogen-bond acceptors (Lipinski definition) is 8. The Labute approximate surface area is 247 Å². The molecule has 1 aromatic heterocycles. The van der Waals surface area contributed by atoms with Gasteiger partial charge < -0.3 is 4.90 Å². The zero-order valence-corrected chi connectivity index (χ0v) is 26.1. The lowest BCUT2D eigenvalue weighted by molar-refractivity contribution is -0.655. The Morgan fingerprint density at radius 3 is 2.64 bits per heavy atom. The van der Waals surface area contributed by atoms with Crippen molar-refractivity contribution < 1.29 is 35.1 Å². The molecule has 2 N–H and O–H groups in total. The first-order valence-corrected chi connectivity index (χ1v) is 17.6. The maximum Gasteiger partial charge on any atom is 0.299 e. The molecule has 0 radical (unpaired) electrons. The molecular weight excluding hydrogens is 700 g/mol. The van der Waals surface area contributed by atoms with Crippen LogP contribution in [0.5, 0.6) is 0 Å². The minimum absolute atomic E-state index is 0.139. The van der Waals surface area contributed by atoms with E-state index in [1.54, 1.807) is 10.6 Å². The zero-order chi connectivity index (χ0) is 28.5. The van der Waals surface area contributed by atoms with Gasteiger partial charge in [0.15, 0.2) is 0 Å². The van der Waals surface area contributed by atoms with E-state index in [0.29, 0.717) is 5.69 Å². The standard InChI is InChI=1S/C24H23FIN3O6S4/c1-15(10-23-28(8-3-9-39(33,34)35)18-12-16(25)4-6-20(18)36-23)11-24-29(14-22(30)27-38(2,31)32)19-13-17(26)5-7-21(19)37-24/h4-7,10-13H,3,8-9,14H2,1-2H3,(H-,27,30,33,34,35)/p+1. The van der Waals surface area contributed by atoms with E-state index >= 15 is 0 Å². The minimum Gasteiger partial charge on any atom is -0.335 e. The average Bonchev–Trinajstić information content (AvgIpc) is 3.29. The van der Waals surface area contributed by atoms with Gasteiger partial charge in [-0.1, -0.05) is 23.1 Å². The van der Waals surface area contributed by atoms with Crippen molar-refractivity contribution in [2.75, 3.05) is 23.5 Å². The molecule has 0 saturated carbocycles. The van der Waals surface area contributed by atoms with Crippen LogP contribution in [-0.4, -0.2) is 45.8 Å². The normalized spacial score (nSPS) is 15.3. The number of nitrogens with zero attached hydrogens (tertiary/aromatic N) is 2. The molecule has 0 unspecified atom stereocenters. The Morgan fingerprint density at radius 1 is 1.21 bits per heavy atom. The molecule has 0 saturated heterocycles. The third kappa shape index (κ3) is 8.00. The van der Waals surface area contributed by atoms with Crippen molar-refractivity contribution in [1.82, 2.24) is 4.72 Å². The van der Waals surface area contributed by atoms with Crippen LogP contribution in [0, 0.1) is 9.39 Å². The number of aromatic nitrogens is 1. The number of thioether (sulfide) groups is 1. The van der Waals surface area contributed by atoms with Gasteiger partial charge in [-0.15, -0.1) is 0 Å². The Kier molecular flexibility index (Phi) is 9.07. The molecule has 2 heterocycles. The molecule has 1 amide bonds. The average molecular weight is 725 g/mol. The van der Waals surface area contributed by atoms with Crippen LogP contribution in [0.25, 0.3) is 16.3 Å². The second kappa shape index (κ2) is 11.8. The van der Waals surface area contributed by atoms with Gasteiger partial charge in [-0.25, -0.2) is 17.5 Å². The highest BCUT2D eigenvalue weighted by molar-refractivity contribution is 14.1. The lowest BCUT2D eigenvalue weighted by atomic mass is 10.2. The van der Waals surface area contributed by atoms with Crippen LogP contribution in [-0.2, 0) is 31.5 Å². The number of anilines is 1. The van der Waals surface area contributed by atoms with Crippen LogP contribution >= 0.6 is 45.7 Å². The van der Waals surface area contributed by atoms with Crippen molar-refractivity contribution in [2.24, 2.45) is 0 Å². The topological polar surface area (TPSA) is 125 Å². The molecular formula is C24H24FIN3O6S4+. The van der Waals surface area contributed by atoms with Gasteiger partial charge in [-0.05, 0) is 77.9 Å². The second-order valence-electron chi connectivity index (χ2n) is 8.81. The van der Waals surface area contributed by atoms with Crippen LogP contribution in [0.1, 0.15) is 18.4 Å². The fraction of sp³-hybridized carbons (Fsp3) is 0.250. The molecule has 208 valence electrons. The predicted octanol–water partition coefficient (Wildman–Crippen LogP) is 4.14. The number of carbonyl (C=O) groups excluding carboxylic acids is 1. The second-order valence-corrected chi connectivity index (χ2v) is 15.5. The lowest BCUT2D eigenvalue weighted by Crippen LogP contribution is -2.45. The molecule has 0 atom stereocenters. The van der Waals surface area contributed by atoms with Crippen molar-refractivity contribution in [3.8, 4) is 0 Å². The van der Waals surface area contributed by atoms with Gasteiger partial charge in [0.2, 0.25) is 22.1 Å². The van der Waals surface area contributed by atoms with E-state index < -0.39 is 37.6 Å². The highest BCUT2D eigenvalue weighted by Crippen LogP contribution is 2.46. The number of nitrogens with one attached hydrogen (secondary N) is 1. The number of allylic oxidation sites excluding steroid dienone is 2. The minimum atomic E-state index is -4.14. The maximum absolute atomic E-state index is 14.0. The van der Waals surface area contributed by atoms with E-state index in [0.717, 1.165) is 40.5 Å². The molecule has 0 spiro atoms. The summed E-state index contributed by atoms with van der Waals surface area (Å²) in [6.07, 6.45) is 4.82. The Hall–Kier alpha value is -2.05. The molecule has 0 fully saturated rings. The van der Waals surface area contributed by atoms with Gasteiger partial charge in [0.25, 0.3) is 21.0 Å². The smallest absolute Gasteiger partial charge is 0.299 e. The largest absolute Gasteiger partial charge is 0.335 e. The molecule has 39 heavy (non-hydrogen) atoms. The molecule has 0 aliphatic carbocycles. The molecule has 1 aliphatic rings. The summed E-state index contributed by atoms with van der Waals surface area (Å²) in [6, 6.07) is 10.2. The van der Waals surface area contributed by atoms with E-state index in [1.165, 1.54) is 35.2 Å². The van der Waals surface area contributed by atoms with Crippen LogP contribution in [0.3, 0.4) is 0 Å². The SMILES string of the molecule is CC(=Cc1sc2ccc(I)cc2[n+]1CC(=O)NS(C)(=O)=O)C=C1Sc2ccc(F)cc2N1CCCS(=O)(=O)O. The summed E-state index contributed by atoms with van der Waals surface area (Å²) in [5, 5.41) is 1.46. The van der Waals surface area contributed by atoms with Crippen LogP contribution in [0.4, 0.5) is 10.1 Å². The van der Waals surface area contributed by atoms with E-state index in [9.17, 15) is 26.0 Å². The van der Waals surface area contributed by atoms with Gasteiger partial charge in [-0.2, -0.15) is 13.0 Å². The zero-order valence-electron chi connectivity index (χ0n) is 20.7. The van der Waals surface area contributed by atoms with E-state index in [-0.39, 0.29) is 19.5 Å². The van der Waals surface area contributed by atoms with E-state index in [1.807, 2.05) is 46.9 Å². The summed E-state index contributed by atoms with van der Waals surface area (Å²) in [7, 11) is -7.85. The number of halogens is 2. The number of fused-ring (bicyclic) bond motifs is 2. The summed E-state index contributed by atoms with van der Waals surface area (Å²) < 4.78 is 74.4. The Bertz CT molecular complexity index is 1740. The summed E-state index contributed by atoms with van der Waals surface area (Å²) in [6.45, 7) is 1.90. The van der Waals surface area contributed by atoms with E-state index in [2.05, 4.69) is 22.6 Å². The fourth-order valence-electron chi connectivity index (χ4n) is 3.98. The molecule has 3 aromatic rings. The van der Waals surface area contributed by atoms with Gasteiger partial charge in [-0.3, -0.25) is 9.35 Å². The Morgan fingerprint density at radius 2 is 1.95 bits per heavy atom. The first-order valence-electron chi connectivity index (χ1n) is 11.4. The highest BCUT2D eigenvalue weighted by atomic mass is 127. The lowest BCUT2D eigenvalue weighted by Gasteiger charge is -2.20. The number of benzene rings is 2. The number of hydrogen-bond donors (Lipinski definition) is 2. The first kappa shape index (κ1) is 29.9. The first-order chi connectivity index (χ1) is 18.2. The number of carbonyl (C=O) groups is 1. The van der Waals surface area contributed by atoms with Crippen molar-refractivity contribution in [3.05, 3.63) is 67.5 Å². The fourth-order valence-corrected chi connectivity index (χ4v) is 7.76. The molecule has 0 bridgehead atoms. The molecule has 15 heteroatoms. The van der Waals surface area contributed by atoms with Gasteiger partial charge in [0.1, 0.15) is 10.5 Å². The number of amides is 1. The summed E-state index contributed by atoms with van der Waals surface area (Å²) >= 11 is 5.03. The maximum atomic E-state index is 14.0. The monoisotopic (exact) mass is 724 g/mol. The third-order valence-electron chi connectivity index (χ3n) is 5.47. The molecule has 4 rings (SSSR count). The quantitative estimate of drug-likeness (QED) is 0.192. The molecule has 9 nitrogen and oxygen atoms in total. The number of sulfonamides is 1. The third-order valence-corrected chi connectivity index (χ3v) is 9.77.